The minimum Gasteiger partial charge on any atom is -0.872 e. The average molecular weight is 437 g/mol. The Kier molecular flexibility index (Phi) is 6.82. The fourth-order valence-corrected chi connectivity index (χ4v) is 4.32. The monoisotopic (exact) mass is 437 g/mol. The van der Waals surface area contributed by atoms with Gasteiger partial charge in [-0.1, -0.05) is 17.9 Å². The van der Waals surface area contributed by atoms with Crippen molar-refractivity contribution in [2.75, 3.05) is 46.5 Å². The molecule has 8 nitrogen and oxygen atoms in total. The fourth-order valence-electron chi connectivity index (χ4n) is 4.32. The highest BCUT2D eigenvalue weighted by atomic mass is 16.5. The number of aromatic nitrogens is 1. The number of Topliss-reactive ketones (excluding diaryl/α,β-unsaturated/α-hetero) is 1. The summed E-state index contributed by atoms with van der Waals surface area (Å²) in [6.45, 7) is 4.63. The molecule has 32 heavy (non-hydrogen) atoms. The Morgan fingerprint density at radius 3 is 2.69 bits per heavy atom. The second kappa shape index (κ2) is 9.93. The number of quaternary nitrogens is 1. The molecule has 0 spiro atoms. The maximum atomic E-state index is 13.4. The van der Waals surface area contributed by atoms with Gasteiger partial charge in [-0.05, 0) is 35.4 Å². The maximum Gasteiger partial charge on any atom is 0.295 e. The van der Waals surface area contributed by atoms with Gasteiger partial charge in [-0.25, -0.2) is 0 Å². The number of methoxy groups -OCH3 is 1. The SMILES string of the molecule is COc1cccc(C([O-])=C2C(=O)C(=O)N(CCC[NH+]3CCOCC3)C2c2ccncc2)c1. The molecule has 2 fully saturated rings. The van der Waals surface area contributed by atoms with Gasteiger partial charge in [0.2, 0.25) is 5.78 Å². The molecule has 8 heteroatoms. The lowest BCUT2D eigenvalue weighted by molar-refractivity contribution is -0.908. The van der Waals surface area contributed by atoms with Crippen molar-refractivity contribution in [3.63, 3.8) is 0 Å². The highest BCUT2D eigenvalue weighted by molar-refractivity contribution is 6.46. The van der Waals surface area contributed by atoms with Crippen molar-refractivity contribution in [3.05, 3.63) is 65.5 Å². The molecule has 0 radical (unpaired) electrons. The highest BCUT2D eigenvalue weighted by Gasteiger charge is 2.44. The van der Waals surface area contributed by atoms with Crippen LogP contribution in [0.25, 0.3) is 5.76 Å². The number of nitrogens with zero attached hydrogens (tertiary/aromatic N) is 2. The van der Waals surface area contributed by atoms with Crippen molar-refractivity contribution in [1.29, 1.82) is 0 Å². The van der Waals surface area contributed by atoms with E-state index in [1.54, 1.807) is 48.8 Å². The summed E-state index contributed by atoms with van der Waals surface area (Å²) in [6.07, 6.45) is 3.94. The summed E-state index contributed by atoms with van der Waals surface area (Å²) < 4.78 is 10.6. The Bertz CT molecular complexity index is 1000. The number of rotatable bonds is 7. The Morgan fingerprint density at radius 2 is 1.97 bits per heavy atom. The quantitative estimate of drug-likeness (QED) is 0.360. The number of ether oxygens (including phenoxy) is 2. The number of likely N-dealkylation sites (tertiary alicyclic amines) is 1. The van der Waals surface area contributed by atoms with E-state index in [1.165, 1.54) is 16.9 Å². The second-order valence-electron chi connectivity index (χ2n) is 7.95. The Hall–Kier alpha value is -3.23. The number of morpholine rings is 1. The van der Waals surface area contributed by atoms with Crippen molar-refractivity contribution in [1.82, 2.24) is 9.88 Å². The van der Waals surface area contributed by atoms with E-state index in [2.05, 4.69) is 4.98 Å². The van der Waals surface area contributed by atoms with Gasteiger partial charge in [-0.15, -0.1) is 0 Å². The van der Waals surface area contributed by atoms with E-state index < -0.39 is 23.5 Å². The lowest BCUT2D eigenvalue weighted by Gasteiger charge is -2.28. The average Bonchev–Trinajstić information content (AvgIpc) is 3.10. The third kappa shape index (κ3) is 4.51. The zero-order valence-electron chi connectivity index (χ0n) is 18.1. The van der Waals surface area contributed by atoms with Gasteiger partial charge < -0.3 is 24.4 Å². The molecule has 3 heterocycles. The third-order valence-electron chi connectivity index (χ3n) is 6.01. The van der Waals surface area contributed by atoms with Crippen LogP contribution in [0.5, 0.6) is 5.75 Å². The van der Waals surface area contributed by atoms with Crippen LogP contribution in [0.4, 0.5) is 0 Å². The van der Waals surface area contributed by atoms with Crippen LogP contribution < -0.4 is 14.7 Å². The van der Waals surface area contributed by atoms with Crippen molar-refractivity contribution in [3.8, 4) is 5.75 Å². The molecule has 4 rings (SSSR count). The minimum atomic E-state index is -0.738. The number of ketones is 1. The normalized spacial score (nSPS) is 21.2. The van der Waals surface area contributed by atoms with E-state index in [4.69, 9.17) is 9.47 Å². The summed E-state index contributed by atoms with van der Waals surface area (Å²) >= 11 is 0. The molecule has 2 aliphatic rings. The number of benzene rings is 1. The van der Waals surface area contributed by atoms with Gasteiger partial charge in [-0.3, -0.25) is 14.6 Å². The van der Waals surface area contributed by atoms with Crippen LogP contribution in [0.3, 0.4) is 0 Å². The van der Waals surface area contributed by atoms with Crippen LogP contribution >= 0.6 is 0 Å². The van der Waals surface area contributed by atoms with Gasteiger partial charge in [0.05, 0.1) is 32.9 Å². The van der Waals surface area contributed by atoms with Gasteiger partial charge in [0, 0.05) is 30.9 Å². The molecular formula is C24H27N3O5. The van der Waals surface area contributed by atoms with E-state index in [-0.39, 0.29) is 5.57 Å². The van der Waals surface area contributed by atoms with Gasteiger partial charge in [0.1, 0.15) is 18.8 Å². The van der Waals surface area contributed by atoms with Crippen LogP contribution in [0.2, 0.25) is 0 Å². The molecular weight excluding hydrogens is 410 g/mol. The summed E-state index contributed by atoms with van der Waals surface area (Å²) in [5.41, 5.74) is 0.997. The Labute approximate surface area is 187 Å². The molecule has 0 bridgehead atoms. The van der Waals surface area contributed by atoms with E-state index in [0.29, 0.717) is 23.4 Å². The summed E-state index contributed by atoms with van der Waals surface area (Å²) in [6, 6.07) is 9.40. The first kappa shape index (κ1) is 22.0. The molecule has 1 aromatic carbocycles. The molecule has 2 aliphatic heterocycles. The van der Waals surface area contributed by atoms with Crippen LogP contribution in [-0.4, -0.2) is 68.1 Å². The maximum absolute atomic E-state index is 13.4. The predicted molar refractivity (Wildman–Crippen MR) is 115 cm³/mol. The fraction of sp³-hybridized carbons (Fsp3) is 0.375. The van der Waals surface area contributed by atoms with Crippen LogP contribution in [0.15, 0.2) is 54.4 Å². The topological polar surface area (TPSA) is 96.2 Å². The molecule has 1 atom stereocenters. The minimum absolute atomic E-state index is 0.0202. The molecule has 1 aromatic heterocycles. The molecule has 0 aliphatic carbocycles. The largest absolute Gasteiger partial charge is 0.872 e. The smallest absolute Gasteiger partial charge is 0.295 e. The molecule has 168 valence electrons. The van der Waals surface area contributed by atoms with Gasteiger partial charge in [0.25, 0.3) is 5.91 Å². The second-order valence-corrected chi connectivity index (χ2v) is 7.95. The number of amides is 1. The summed E-state index contributed by atoms with van der Waals surface area (Å²) in [5.74, 6) is -1.31. The number of pyridine rings is 1. The highest BCUT2D eigenvalue weighted by Crippen LogP contribution is 2.38. The number of carbonyl (C=O) groups is 2. The number of hydrogen-bond acceptors (Lipinski definition) is 6. The van der Waals surface area contributed by atoms with Crippen LogP contribution in [0.1, 0.15) is 23.6 Å². The molecule has 0 saturated carbocycles. The standard InChI is InChI=1S/C24H27N3O5/c1-31-19-5-2-4-18(16-19)22(28)20-21(17-6-8-25-9-7-17)27(24(30)23(20)29)11-3-10-26-12-14-32-15-13-26/h2,4-9,16,21,28H,3,10-15H2,1H3. The predicted octanol–water partition coefficient (Wildman–Crippen LogP) is -0.381. The first-order valence-corrected chi connectivity index (χ1v) is 10.8. The van der Waals surface area contributed by atoms with Crippen molar-refractivity contribution >= 4 is 17.4 Å². The summed E-state index contributed by atoms with van der Waals surface area (Å²) in [7, 11) is 1.51. The van der Waals surface area contributed by atoms with Crippen molar-refractivity contribution < 1.29 is 29.1 Å². The third-order valence-corrected chi connectivity index (χ3v) is 6.01. The number of nitrogens with one attached hydrogen (secondary N) is 1. The molecule has 1 unspecified atom stereocenters. The number of carbonyl (C=O) groups excluding carboxylic acids is 2. The zero-order valence-corrected chi connectivity index (χ0v) is 18.1. The van der Waals surface area contributed by atoms with E-state index in [9.17, 15) is 14.7 Å². The lowest BCUT2D eigenvalue weighted by Crippen LogP contribution is -3.14. The zero-order chi connectivity index (χ0) is 22.5. The van der Waals surface area contributed by atoms with Crippen LogP contribution in [-0.2, 0) is 14.3 Å². The molecule has 1 N–H and O–H groups in total. The van der Waals surface area contributed by atoms with Crippen LogP contribution in [0, 0.1) is 0 Å². The lowest BCUT2D eigenvalue weighted by atomic mass is 9.96. The molecule has 2 saturated heterocycles. The first-order valence-electron chi connectivity index (χ1n) is 10.8. The van der Waals surface area contributed by atoms with Crippen molar-refractivity contribution in [2.45, 2.75) is 12.5 Å². The molecule has 1 amide bonds. The molecule has 2 aromatic rings. The van der Waals surface area contributed by atoms with E-state index in [0.717, 1.165) is 39.3 Å². The number of hydrogen-bond donors (Lipinski definition) is 1. The van der Waals surface area contributed by atoms with E-state index in [1.807, 2.05) is 0 Å². The Balaban J connectivity index is 1.65. The van der Waals surface area contributed by atoms with Gasteiger partial charge in [0.15, 0.2) is 0 Å². The van der Waals surface area contributed by atoms with Gasteiger partial charge >= 0.3 is 0 Å². The summed E-state index contributed by atoms with van der Waals surface area (Å²) in [5, 5.41) is 13.4. The van der Waals surface area contributed by atoms with E-state index >= 15 is 0 Å². The van der Waals surface area contributed by atoms with Crippen molar-refractivity contribution in [2.24, 2.45) is 0 Å². The Morgan fingerprint density at radius 1 is 1.22 bits per heavy atom. The summed E-state index contributed by atoms with van der Waals surface area (Å²) in [4.78, 5) is 33.0. The first-order chi connectivity index (χ1) is 15.6. The van der Waals surface area contributed by atoms with Gasteiger partial charge in [-0.2, -0.15) is 0 Å².